The number of benzene rings is 1. The second-order valence-electron chi connectivity index (χ2n) is 7.56. The quantitative estimate of drug-likeness (QED) is 0.472. The molecule has 0 unspecified atom stereocenters. The van der Waals surface area contributed by atoms with Crippen LogP contribution < -0.4 is 4.74 Å². The first-order chi connectivity index (χ1) is 14.5. The summed E-state index contributed by atoms with van der Waals surface area (Å²) in [5.41, 5.74) is 3.31. The second kappa shape index (κ2) is 8.41. The number of hydrogen-bond acceptors (Lipinski definition) is 4. The third kappa shape index (κ3) is 4.35. The lowest BCUT2D eigenvalue weighted by Crippen LogP contribution is -2.36. The Balaban J connectivity index is 1.47. The summed E-state index contributed by atoms with van der Waals surface area (Å²) in [4.78, 5) is 19.5. The molecule has 154 valence electrons. The largest absolute Gasteiger partial charge is 0.487 e. The third-order valence-corrected chi connectivity index (χ3v) is 4.88. The molecule has 0 bridgehead atoms. The Hall–Kier alpha value is -3.61. The van der Waals surface area contributed by atoms with Gasteiger partial charge in [-0.25, -0.2) is 4.98 Å². The van der Waals surface area contributed by atoms with Crippen molar-refractivity contribution in [2.24, 2.45) is 7.05 Å². The van der Waals surface area contributed by atoms with Crippen LogP contribution >= 0.6 is 0 Å². The number of pyridine rings is 1. The Kier molecular flexibility index (Phi) is 5.52. The predicted molar refractivity (Wildman–Crippen MR) is 114 cm³/mol. The minimum absolute atomic E-state index is 0.0352. The Morgan fingerprint density at radius 2 is 2.03 bits per heavy atom. The summed E-state index contributed by atoms with van der Waals surface area (Å²) in [5, 5.41) is 4.20. The molecule has 7 heteroatoms. The molecule has 0 atom stereocenters. The first kappa shape index (κ1) is 19.7. The molecule has 0 aliphatic heterocycles. The SMILES string of the molecule is CC(C)N(Cc1cnn(C)c1)C(=O)c1cccc(OCc2cn3ccccc3n2)c1. The van der Waals surface area contributed by atoms with Gasteiger partial charge >= 0.3 is 0 Å². The molecule has 0 aliphatic rings. The van der Waals surface area contributed by atoms with Gasteiger partial charge in [0.15, 0.2) is 0 Å². The molecule has 0 saturated heterocycles. The van der Waals surface area contributed by atoms with Crippen molar-refractivity contribution in [1.29, 1.82) is 0 Å². The monoisotopic (exact) mass is 403 g/mol. The van der Waals surface area contributed by atoms with E-state index in [-0.39, 0.29) is 11.9 Å². The molecule has 0 radical (unpaired) electrons. The average Bonchev–Trinajstić information content (AvgIpc) is 3.35. The summed E-state index contributed by atoms with van der Waals surface area (Å²) < 4.78 is 9.61. The normalized spacial score (nSPS) is 11.2. The van der Waals surface area contributed by atoms with E-state index < -0.39 is 0 Å². The third-order valence-electron chi connectivity index (χ3n) is 4.88. The van der Waals surface area contributed by atoms with E-state index in [4.69, 9.17) is 4.74 Å². The zero-order valence-electron chi connectivity index (χ0n) is 17.4. The van der Waals surface area contributed by atoms with Crippen LogP contribution in [0.5, 0.6) is 5.75 Å². The number of nitrogens with zero attached hydrogens (tertiary/aromatic N) is 5. The minimum atomic E-state index is -0.0352. The van der Waals surface area contributed by atoms with Crippen LogP contribution in [0.3, 0.4) is 0 Å². The van der Waals surface area contributed by atoms with Gasteiger partial charge in [-0.05, 0) is 44.2 Å². The van der Waals surface area contributed by atoms with Crippen LogP contribution in [0.2, 0.25) is 0 Å². The van der Waals surface area contributed by atoms with Crippen LogP contribution in [0.4, 0.5) is 0 Å². The number of carbonyl (C=O) groups is 1. The van der Waals surface area contributed by atoms with Crippen molar-refractivity contribution in [2.75, 3.05) is 0 Å². The summed E-state index contributed by atoms with van der Waals surface area (Å²) in [6.45, 7) is 4.87. The van der Waals surface area contributed by atoms with Gasteiger partial charge in [-0.15, -0.1) is 0 Å². The molecule has 3 heterocycles. The van der Waals surface area contributed by atoms with E-state index in [1.165, 1.54) is 0 Å². The fourth-order valence-electron chi connectivity index (χ4n) is 3.34. The zero-order valence-corrected chi connectivity index (χ0v) is 17.4. The van der Waals surface area contributed by atoms with E-state index in [1.807, 2.05) is 85.2 Å². The van der Waals surface area contributed by atoms with E-state index in [9.17, 15) is 4.79 Å². The Morgan fingerprint density at radius 3 is 2.77 bits per heavy atom. The molecule has 7 nitrogen and oxygen atoms in total. The predicted octanol–water partition coefficient (Wildman–Crippen LogP) is 3.70. The van der Waals surface area contributed by atoms with Crippen LogP contribution in [0, 0.1) is 0 Å². The zero-order chi connectivity index (χ0) is 21.1. The van der Waals surface area contributed by atoms with Crippen LogP contribution in [0.25, 0.3) is 5.65 Å². The molecular weight excluding hydrogens is 378 g/mol. The number of rotatable bonds is 7. The average molecular weight is 403 g/mol. The molecular formula is C23H25N5O2. The number of ether oxygens (including phenoxy) is 1. The van der Waals surface area contributed by atoms with Crippen molar-refractivity contribution in [3.05, 3.63) is 84.1 Å². The van der Waals surface area contributed by atoms with Gasteiger partial charge in [-0.1, -0.05) is 12.1 Å². The topological polar surface area (TPSA) is 64.7 Å². The molecule has 3 aromatic heterocycles. The molecule has 4 rings (SSSR count). The van der Waals surface area contributed by atoms with E-state index in [2.05, 4.69) is 10.1 Å². The fourth-order valence-corrected chi connectivity index (χ4v) is 3.34. The molecule has 0 fully saturated rings. The van der Waals surface area contributed by atoms with Crippen molar-refractivity contribution in [3.8, 4) is 5.75 Å². The number of amides is 1. The first-order valence-corrected chi connectivity index (χ1v) is 9.93. The molecule has 0 spiro atoms. The van der Waals surface area contributed by atoms with E-state index >= 15 is 0 Å². The van der Waals surface area contributed by atoms with Crippen molar-refractivity contribution in [3.63, 3.8) is 0 Å². The molecule has 0 aliphatic carbocycles. The Labute approximate surface area is 175 Å². The molecule has 1 aromatic carbocycles. The van der Waals surface area contributed by atoms with Crippen LogP contribution in [-0.2, 0) is 20.2 Å². The van der Waals surface area contributed by atoms with Gasteiger partial charge in [0.2, 0.25) is 0 Å². The summed E-state index contributed by atoms with van der Waals surface area (Å²) in [6.07, 6.45) is 7.61. The molecule has 30 heavy (non-hydrogen) atoms. The lowest BCUT2D eigenvalue weighted by Gasteiger charge is -2.26. The smallest absolute Gasteiger partial charge is 0.254 e. The molecule has 0 N–H and O–H groups in total. The molecule has 4 aromatic rings. The van der Waals surface area contributed by atoms with Crippen molar-refractivity contribution in [1.82, 2.24) is 24.1 Å². The van der Waals surface area contributed by atoms with Crippen molar-refractivity contribution in [2.45, 2.75) is 33.0 Å². The van der Waals surface area contributed by atoms with Crippen LogP contribution in [0.15, 0.2) is 67.3 Å². The van der Waals surface area contributed by atoms with Gasteiger partial charge in [0, 0.05) is 49.4 Å². The van der Waals surface area contributed by atoms with Gasteiger partial charge in [0.25, 0.3) is 5.91 Å². The van der Waals surface area contributed by atoms with Crippen molar-refractivity contribution >= 4 is 11.6 Å². The standard InChI is InChI=1S/C23H25N5O2/c1-17(2)28(14-18-12-24-26(3)13-18)23(29)19-7-6-8-21(11-19)30-16-20-15-27-10-5-4-9-22(27)25-20/h4-13,15,17H,14,16H2,1-3H3. The van der Waals surface area contributed by atoms with Crippen molar-refractivity contribution < 1.29 is 9.53 Å². The second-order valence-corrected chi connectivity index (χ2v) is 7.56. The number of fused-ring (bicyclic) bond motifs is 1. The highest BCUT2D eigenvalue weighted by Gasteiger charge is 2.20. The minimum Gasteiger partial charge on any atom is -0.487 e. The van der Waals surface area contributed by atoms with Gasteiger partial charge in [-0.3, -0.25) is 9.48 Å². The highest BCUT2D eigenvalue weighted by Crippen LogP contribution is 2.19. The fraction of sp³-hybridized carbons (Fsp3) is 0.261. The van der Waals surface area contributed by atoms with Gasteiger partial charge in [0.1, 0.15) is 18.0 Å². The maximum absolute atomic E-state index is 13.2. The van der Waals surface area contributed by atoms with Gasteiger partial charge in [0.05, 0.1) is 11.9 Å². The Morgan fingerprint density at radius 1 is 1.17 bits per heavy atom. The van der Waals surface area contributed by atoms with E-state index in [0.29, 0.717) is 24.5 Å². The number of imidazole rings is 1. The van der Waals surface area contributed by atoms with Crippen LogP contribution in [-0.4, -0.2) is 36.0 Å². The first-order valence-electron chi connectivity index (χ1n) is 9.93. The Bertz CT molecular complexity index is 1130. The lowest BCUT2D eigenvalue weighted by atomic mass is 10.1. The summed E-state index contributed by atoms with van der Waals surface area (Å²) in [6, 6.07) is 13.2. The van der Waals surface area contributed by atoms with E-state index in [0.717, 1.165) is 16.9 Å². The molecule has 1 amide bonds. The summed E-state index contributed by atoms with van der Waals surface area (Å²) >= 11 is 0. The van der Waals surface area contributed by atoms with E-state index in [1.54, 1.807) is 16.9 Å². The van der Waals surface area contributed by atoms with Gasteiger partial charge in [-0.2, -0.15) is 5.10 Å². The summed E-state index contributed by atoms with van der Waals surface area (Å²) in [7, 11) is 1.87. The maximum Gasteiger partial charge on any atom is 0.254 e. The lowest BCUT2D eigenvalue weighted by molar-refractivity contribution is 0.0690. The highest BCUT2D eigenvalue weighted by atomic mass is 16.5. The number of aromatic nitrogens is 4. The molecule has 0 saturated carbocycles. The van der Waals surface area contributed by atoms with Gasteiger partial charge < -0.3 is 14.0 Å². The number of aryl methyl sites for hydroxylation is 1. The maximum atomic E-state index is 13.2. The summed E-state index contributed by atoms with van der Waals surface area (Å²) in [5.74, 6) is 0.607. The number of hydrogen-bond donors (Lipinski definition) is 0. The highest BCUT2D eigenvalue weighted by molar-refractivity contribution is 5.94. The number of carbonyl (C=O) groups excluding carboxylic acids is 1. The van der Waals surface area contributed by atoms with Crippen LogP contribution in [0.1, 0.15) is 35.5 Å².